The number of hydrogen-bond donors (Lipinski definition) is 5. The molecule has 5 N–H and O–H groups in total. The van der Waals surface area contributed by atoms with Crippen molar-refractivity contribution in [3.63, 3.8) is 0 Å². The van der Waals surface area contributed by atoms with E-state index in [1.807, 2.05) is 13.0 Å². The summed E-state index contributed by atoms with van der Waals surface area (Å²) in [6.07, 6.45) is 1.50. The first kappa shape index (κ1) is 25.6. The van der Waals surface area contributed by atoms with Gasteiger partial charge in [-0.25, -0.2) is 4.79 Å². The van der Waals surface area contributed by atoms with E-state index in [4.69, 9.17) is 9.47 Å². The number of hydrazine groups is 1. The van der Waals surface area contributed by atoms with E-state index in [-0.39, 0.29) is 17.4 Å². The van der Waals surface area contributed by atoms with Gasteiger partial charge in [0.05, 0.1) is 30.3 Å². The van der Waals surface area contributed by atoms with E-state index < -0.39 is 6.03 Å². The monoisotopic (exact) mass is 506 g/mol. The molecule has 11 heteroatoms. The van der Waals surface area contributed by atoms with Crippen molar-refractivity contribution in [3.8, 4) is 17.2 Å². The molecule has 37 heavy (non-hydrogen) atoms. The van der Waals surface area contributed by atoms with Crippen LogP contribution in [0.3, 0.4) is 0 Å². The first-order valence-electron chi connectivity index (χ1n) is 11.8. The number of rotatable bonds is 7. The van der Waals surface area contributed by atoms with Gasteiger partial charge in [0.2, 0.25) is 0 Å². The van der Waals surface area contributed by atoms with Crippen molar-refractivity contribution < 1.29 is 24.2 Å². The van der Waals surface area contributed by atoms with Gasteiger partial charge < -0.3 is 30.1 Å². The lowest BCUT2D eigenvalue weighted by atomic mass is 10.1. The van der Waals surface area contributed by atoms with Crippen molar-refractivity contribution in [1.82, 2.24) is 15.7 Å². The van der Waals surface area contributed by atoms with E-state index in [0.29, 0.717) is 54.7 Å². The van der Waals surface area contributed by atoms with Crippen molar-refractivity contribution in [2.24, 2.45) is 0 Å². The molecular weight excluding hydrogens is 476 g/mol. The zero-order valence-corrected chi connectivity index (χ0v) is 20.9. The van der Waals surface area contributed by atoms with Crippen molar-refractivity contribution in [1.29, 1.82) is 0 Å². The number of aromatic hydroxyl groups is 1. The fourth-order valence-electron chi connectivity index (χ4n) is 3.79. The molecule has 0 spiro atoms. The van der Waals surface area contributed by atoms with Crippen LogP contribution < -0.4 is 31.1 Å². The first-order chi connectivity index (χ1) is 17.8. The van der Waals surface area contributed by atoms with E-state index in [9.17, 15) is 14.7 Å². The van der Waals surface area contributed by atoms with Gasteiger partial charge >= 0.3 is 6.03 Å². The maximum atomic E-state index is 12.8. The molecule has 4 rings (SSSR count). The largest absolute Gasteiger partial charge is 0.508 e. The van der Waals surface area contributed by atoms with E-state index in [1.54, 1.807) is 43.3 Å². The fraction of sp³-hybridized carbons (Fsp3) is 0.269. The van der Waals surface area contributed by atoms with Crippen molar-refractivity contribution in [2.45, 2.75) is 13.8 Å². The molecule has 0 saturated carbocycles. The number of benzene rings is 2. The number of hydrogen-bond acceptors (Lipinski definition) is 8. The summed E-state index contributed by atoms with van der Waals surface area (Å²) in [5.41, 5.74) is 9.27. The van der Waals surface area contributed by atoms with Crippen LogP contribution in [0.25, 0.3) is 0 Å². The molecule has 0 atom stereocenters. The minimum absolute atomic E-state index is 0.162. The molecule has 1 aliphatic rings. The fourth-order valence-corrected chi connectivity index (χ4v) is 3.79. The summed E-state index contributed by atoms with van der Waals surface area (Å²) < 4.78 is 11.3. The third kappa shape index (κ3) is 6.39. The molecular formula is C26H30N6O5. The molecule has 1 fully saturated rings. The Morgan fingerprint density at radius 3 is 2.51 bits per heavy atom. The van der Waals surface area contributed by atoms with Crippen LogP contribution in [0.5, 0.6) is 17.2 Å². The minimum Gasteiger partial charge on any atom is -0.508 e. The Kier molecular flexibility index (Phi) is 7.94. The van der Waals surface area contributed by atoms with Crippen LogP contribution in [-0.2, 0) is 4.74 Å². The van der Waals surface area contributed by atoms with Crippen molar-refractivity contribution >= 4 is 29.0 Å². The third-order valence-corrected chi connectivity index (χ3v) is 5.86. The van der Waals surface area contributed by atoms with Crippen LogP contribution in [0.2, 0.25) is 0 Å². The highest BCUT2D eigenvalue weighted by molar-refractivity contribution is 5.94. The molecule has 194 valence electrons. The summed E-state index contributed by atoms with van der Waals surface area (Å²) in [5, 5.41) is 15.6. The molecule has 0 radical (unpaired) electrons. The standard InChI is InChI=1S/C26H30N6O5/c1-16-4-5-18(37-19-6-7-28-22(14-19)25(34)27-3)13-20(16)30-31-26(35)29-21-12-17(2)24(33)15-23(21)32-8-10-36-11-9-32/h4-7,12-15,30,33H,8-11H2,1-3H3,(H,27,34)(H2,29,31,35). The summed E-state index contributed by atoms with van der Waals surface area (Å²) in [6.45, 7) is 6.13. The maximum absolute atomic E-state index is 12.8. The quantitative estimate of drug-likeness (QED) is 0.242. The molecule has 0 bridgehead atoms. The van der Waals surface area contributed by atoms with E-state index in [0.717, 1.165) is 11.3 Å². The number of carbonyl (C=O) groups is 2. The summed E-state index contributed by atoms with van der Waals surface area (Å²) >= 11 is 0. The molecule has 1 saturated heterocycles. The average Bonchev–Trinajstić information content (AvgIpc) is 2.91. The zero-order chi connectivity index (χ0) is 26.4. The first-order valence-corrected chi connectivity index (χ1v) is 11.8. The van der Waals surface area contributed by atoms with Gasteiger partial charge in [0, 0.05) is 44.5 Å². The molecule has 1 aliphatic heterocycles. The number of ether oxygens (including phenoxy) is 2. The van der Waals surface area contributed by atoms with Crippen LogP contribution in [0.15, 0.2) is 48.7 Å². The number of anilines is 3. The highest BCUT2D eigenvalue weighted by Crippen LogP contribution is 2.33. The predicted molar refractivity (Wildman–Crippen MR) is 141 cm³/mol. The Balaban J connectivity index is 1.43. The Bertz CT molecular complexity index is 1290. The minimum atomic E-state index is -0.477. The topological polar surface area (TPSA) is 137 Å². The van der Waals surface area contributed by atoms with Gasteiger partial charge in [0.15, 0.2) is 0 Å². The maximum Gasteiger partial charge on any atom is 0.337 e. The lowest BCUT2D eigenvalue weighted by molar-refractivity contribution is 0.0957. The highest BCUT2D eigenvalue weighted by atomic mass is 16.5. The van der Waals surface area contributed by atoms with E-state index in [1.165, 1.54) is 13.2 Å². The molecule has 3 aromatic rings. The number of nitrogens with one attached hydrogen (secondary N) is 4. The molecule has 0 aliphatic carbocycles. The molecule has 2 aromatic carbocycles. The third-order valence-electron chi connectivity index (χ3n) is 5.86. The number of aryl methyl sites for hydroxylation is 2. The van der Waals surface area contributed by atoms with Gasteiger partial charge in [0.1, 0.15) is 22.9 Å². The lowest BCUT2D eigenvalue weighted by Crippen LogP contribution is -2.38. The summed E-state index contributed by atoms with van der Waals surface area (Å²) in [6, 6.07) is 11.5. The number of phenols is 1. The molecule has 2 heterocycles. The van der Waals surface area contributed by atoms with Gasteiger partial charge in [0.25, 0.3) is 5.91 Å². The van der Waals surface area contributed by atoms with Gasteiger partial charge in [-0.05, 0) is 43.2 Å². The zero-order valence-electron chi connectivity index (χ0n) is 20.9. The normalized spacial score (nSPS) is 13.0. The number of pyridine rings is 1. The SMILES string of the molecule is CNC(=O)c1cc(Oc2ccc(C)c(NNC(=O)Nc3cc(C)c(O)cc3N3CCOCC3)c2)ccn1. The van der Waals surface area contributed by atoms with Crippen molar-refractivity contribution in [3.05, 3.63) is 65.5 Å². The van der Waals surface area contributed by atoms with Crippen LogP contribution in [0, 0.1) is 13.8 Å². The Morgan fingerprint density at radius 1 is 1.00 bits per heavy atom. The van der Waals surface area contributed by atoms with E-state index in [2.05, 4.69) is 31.4 Å². The number of nitrogens with zero attached hydrogens (tertiary/aromatic N) is 2. The van der Waals surface area contributed by atoms with Gasteiger partial charge in [-0.3, -0.25) is 20.6 Å². The van der Waals surface area contributed by atoms with Crippen LogP contribution in [0.4, 0.5) is 21.9 Å². The highest BCUT2D eigenvalue weighted by Gasteiger charge is 2.18. The number of carbonyl (C=O) groups excluding carboxylic acids is 2. The van der Waals surface area contributed by atoms with Crippen LogP contribution >= 0.6 is 0 Å². The average molecular weight is 507 g/mol. The van der Waals surface area contributed by atoms with Crippen LogP contribution in [-0.4, -0.2) is 55.4 Å². The second-order valence-electron chi connectivity index (χ2n) is 8.49. The second kappa shape index (κ2) is 11.5. The Labute approximate surface area is 214 Å². The molecule has 0 unspecified atom stereocenters. The van der Waals surface area contributed by atoms with Gasteiger partial charge in [-0.2, -0.15) is 0 Å². The van der Waals surface area contributed by atoms with Gasteiger partial charge in [-0.15, -0.1) is 0 Å². The van der Waals surface area contributed by atoms with Crippen LogP contribution in [0.1, 0.15) is 21.6 Å². The molecule has 1 aromatic heterocycles. The Morgan fingerprint density at radius 2 is 1.76 bits per heavy atom. The molecule has 11 nitrogen and oxygen atoms in total. The number of morpholine rings is 1. The summed E-state index contributed by atoms with van der Waals surface area (Å²) in [4.78, 5) is 30.7. The number of amides is 3. The second-order valence-corrected chi connectivity index (χ2v) is 8.49. The molecule has 3 amide bonds. The summed E-state index contributed by atoms with van der Waals surface area (Å²) in [7, 11) is 1.53. The van der Waals surface area contributed by atoms with Gasteiger partial charge in [-0.1, -0.05) is 6.07 Å². The number of aromatic nitrogens is 1. The number of phenolic OH excluding ortho intramolecular Hbond substituents is 1. The lowest BCUT2D eigenvalue weighted by Gasteiger charge is -2.31. The summed E-state index contributed by atoms with van der Waals surface area (Å²) in [5.74, 6) is 0.808. The van der Waals surface area contributed by atoms with Crippen molar-refractivity contribution in [2.75, 3.05) is 49.0 Å². The van der Waals surface area contributed by atoms with E-state index >= 15 is 0 Å². The smallest absolute Gasteiger partial charge is 0.337 e. The predicted octanol–water partition coefficient (Wildman–Crippen LogP) is 3.54. The number of urea groups is 1. The Hall–Kier alpha value is -4.51.